The van der Waals surface area contributed by atoms with Crippen LogP contribution in [0.15, 0.2) is 41.1 Å². The van der Waals surface area contributed by atoms with Crippen molar-refractivity contribution in [2.45, 2.75) is 60.4 Å². The molecule has 0 spiro atoms. The van der Waals surface area contributed by atoms with E-state index in [4.69, 9.17) is 10.5 Å². The Kier molecular flexibility index (Phi) is 11.2. The Balaban J connectivity index is 0.00000512. The Bertz CT molecular complexity index is 915. The van der Waals surface area contributed by atoms with Crippen LogP contribution in [0.4, 0.5) is 0 Å². The molecule has 1 aromatic carbocycles. The van der Waals surface area contributed by atoms with E-state index >= 15 is 0 Å². The molecule has 1 aromatic rings. The van der Waals surface area contributed by atoms with E-state index in [-0.39, 0.29) is 49.5 Å². The van der Waals surface area contributed by atoms with Gasteiger partial charge in [-0.05, 0) is 58.1 Å². The van der Waals surface area contributed by atoms with Crippen LogP contribution >= 0.6 is 24.8 Å². The van der Waals surface area contributed by atoms with Crippen LogP contribution in [0, 0.1) is 18.3 Å². The molecule has 0 saturated carbocycles. The number of aryl methyl sites for hydroxylation is 1. The molecule has 0 aromatic heterocycles. The van der Waals surface area contributed by atoms with Gasteiger partial charge in [-0.25, -0.2) is 4.79 Å². The maximum absolute atomic E-state index is 12.6. The molecular formula is C25H38Cl2N2O4. The molecule has 0 aliphatic carbocycles. The van der Waals surface area contributed by atoms with Crippen LogP contribution < -0.4 is 11.1 Å². The van der Waals surface area contributed by atoms with Gasteiger partial charge in [-0.3, -0.25) is 4.79 Å². The molecule has 186 valence electrons. The predicted molar refractivity (Wildman–Crippen MR) is 138 cm³/mol. The van der Waals surface area contributed by atoms with Crippen molar-refractivity contribution in [1.82, 2.24) is 5.32 Å². The van der Waals surface area contributed by atoms with Gasteiger partial charge in [-0.2, -0.15) is 0 Å². The number of aliphatic carboxylic acids is 1. The summed E-state index contributed by atoms with van der Waals surface area (Å²) in [6, 6.07) is 7.75. The molecular weight excluding hydrogens is 463 g/mol. The summed E-state index contributed by atoms with van der Waals surface area (Å²) in [5, 5.41) is 13.7. The van der Waals surface area contributed by atoms with Gasteiger partial charge in [-0.15, -0.1) is 24.8 Å². The summed E-state index contributed by atoms with van der Waals surface area (Å²) in [5.41, 5.74) is 8.69. The molecule has 0 fully saturated rings. The zero-order valence-corrected chi connectivity index (χ0v) is 22.2. The van der Waals surface area contributed by atoms with Crippen molar-refractivity contribution in [1.29, 1.82) is 0 Å². The number of nitrogens with one attached hydrogen (secondary N) is 1. The van der Waals surface area contributed by atoms with Gasteiger partial charge in [0.25, 0.3) is 0 Å². The number of benzene rings is 1. The molecule has 4 N–H and O–H groups in total. The van der Waals surface area contributed by atoms with Gasteiger partial charge < -0.3 is 20.9 Å². The number of hydrogen-bond donors (Lipinski definition) is 3. The van der Waals surface area contributed by atoms with Crippen molar-refractivity contribution < 1.29 is 19.4 Å². The summed E-state index contributed by atoms with van der Waals surface area (Å²) in [6.07, 6.45) is 0.706. The van der Waals surface area contributed by atoms with E-state index in [0.29, 0.717) is 17.9 Å². The fourth-order valence-corrected chi connectivity index (χ4v) is 3.77. The van der Waals surface area contributed by atoms with Crippen molar-refractivity contribution in [2.24, 2.45) is 17.1 Å². The Hall–Kier alpha value is -2.02. The quantitative estimate of drug-likeness (QED) is 0.460. The van der Waals surface area contributed by atoms with E-state index in [2.05, 4.69) is 19.2 Å². The minimum absolute atomic E-state index is 0. The molecule has 0 amide bonds. The van der Waals surface area contributed by atoms with Gasteiger partial charge in [-0.1, -0.05) is 43.7 Å². The van der Waals surface area contributed by atoms with Gasteiger partial charge in [0.2, 0.25) is 0 Å². The number of allylic oxidation sites excluding steroid dienone is 1. The molecule has 2 rings (SSSR count). The van der Waals surface area contributed by atoms with E-state index in [1.54, 1.807) is 27.7 Å². The van der Waals surface area contributed by atoms with Crippen LogP contribution in [-0.2, 0) is 14.3 Å². The van der Waals surface area contributed by atoms with Crippen LogP contribution in [0.2, 0.25) is 0 Å². The lowest BCUT2D eigenvalue weighted by Gasteiger charge is -2.41. The molecule has 1 aliphatic heterocycles. The lowest BCUT2D eigenvalue weighted by atomic mass is 9.77. The summed E-state index contributed by atoms with van der Waals surface area (Å²) in [5.74, 6) is -1.11. The minimum Gasteiger partial charge on any atom is -0.478 e. The van der Waals surface area contributed by atoms with Gasteiger partial charge in [0.05, 0.1) is 11.0 Å². The summed E-state index contributed by atoms with van der Waals surface area (Å²) >= 11 is 0. The molecule has 1 heterocycles. The number of esters is 1. The van der Waals surface area contributed by atoms with Gasteiger partial charge in [0.1, 0.15) is 12.1 Å². The monoisotopic (exact) mass is 500 g/mol. The Labute approximate surface area is 209 Å². The standard InChI is InChI=1S/C25H36N2O4.2ClH/c1-15(2)12-19-18(13-26)20(17-10-8-16(3)9-11-17)21(22(28)29)25(7,27-19)14-31-23(30)24(4,5)6;;/h8-11,15,27H,12-14,26H2,1-7H3,(H,28,29);2*1H. The van der Waals surface area contributed by atoms with Crippen molar-refractivity contribution in [3.8, 4) is 0 Å². The molecule has 1 aliphatic rings. The maximum atomic E-state index is 12.6. The normalized spacial score (nSPS) is 18.3. The van der Waals surface area contributed by atoms with Crippen molar-refractivity contribution in [3.05, 3.63) is 52.2 Å². The van der Waals surface area contributed by atoms with E-state index in [9.17, 15) is 14.7 Å². The van der Waals surface area contributed by atoms with Crippen molar-refractivity contribution >= 4 is 42.3 Å². The number of nitrogens with two attached hydrogens (primary N) is 1. The molecule has 0 saturated heterocycles. The molecule has 8 heteroatoms. The molecule has 6 nitrogen and oxygen atoms in total. The highest BCUT2D eigenvalue weighted by atomic mass is 35.5. The van der Waals surface area contributed by atoms with E-state index in [1.165, 1.54) is 0 Å². The third-order valence-corrected chi connectivity index (χ3v) is 5.37. The maximum Gasteiger partial charge on any atom is 0.334 e. The van der Waals surface area contributed by atoms with Crippen LogP contribution in [0.1, 0.15) is 59.1 Å². The number of carboxylic acids is 1. The van der Waals surface area contributed by atoms with Gasteiger partial charge >= 0.3 is 11.9 Å². The fourth-order valence-electron chi connectivity index (χ4n) is 3.77. The lowest BCUT2D eigenvalue weighted by Crippen LogP contribution is -2.53. The van der Waals surface area contributed by atoms with Crippen LogP contribution in [-0.4, -0.2) is 35.7 Å². The van der Waals surface area contributed by atoms with E-state index in [1.807, 2.05) is 31.2 Å². The molecule has 1 atom stereocenters. The predicted octanol–water partition coefficient (Wildman–Crippen LogP) is 4.89. The molecule has 1 unspecified atom stereocenters. The Morgan fingerprint density at radius 2 is 1.70 bits per heavy atom. The molecule has 0 radical (unpaired) electrons. The number of dihydropyridines is 1. The zero-order valence-electron chi connectivity index (χ0n) is 20.6. The largest absolute Gasteiger partial charge is 0.478 e. The number of ether oxygens (including phenoxy) is 1. The second kappa shape index (κ2) is 11.9. The first kappa shape index (κ1) is 31.0. The van der Waals surface area contributed by atoms with E-state index in [0.717, 1.165) is 22.4 Å². The van der Waals surface area contributed by atoms with Crippen molar-refractivity contribution in [2.75, 3.05) is 13.2 Å². The summed E-state index contributed by atoms with van der Waals surface area (Å²) in [7, 11) is 0. The fraction of sp³-hybridized carbons (Fsp3) is 0.520. The highest BCUT2D eigenvalue weighted by Gasteiger charge is 2.43. The number of halogens is 2. The first-order valence-corrected chi connectivity index (χ1v) is 10.7. The molecule has 33 heavy (non-hydrogen) atoms. The van der Waals surface area contributed by atoms with E-state index < -0.39 is 16.9 Å². The summed E-state index contributed by atoms with van der Waals surface area (Å²) < 4.78 is 5.60. The smallest absolute Gasteiger partial charge is 0.334 e. The lowest BCUT2D eigenvalue weighted by molar-refractivity contribution is -0.155. The summed E-state index contributed by atoms with van der Waals surface area (Å²) in [4.78, 5) is 25.0. The average Bonchev–Trinajstić information content (AvgIpc) is 2.64. The number of rotatable bonds is 7. The third kappa shape index (κ3) is 7.23. The van der Waals surface area contributed by atoms with Crippen LogP contribution in [0.3, 0.4) is 0 Å². The average molecular weight is 501 g/mol. The first-order valence-electron chi connectivity index (χ1n) is 10.7. The van der Waals surface area contributed by atoms with Gasteiger partial charge in [0.15, 0.2) is 0 Å². The number of carbonyl (C=O) groups is 2. The highest BCUT2D eigenvalue weighted by Crippen LogP contribution is 2.40. The Morgan fingerprint density at radius 3 is 2.12 bits per heavy atom. The highest BCUT2D eigenvalue weighted by molar-refractivity contribution is 6.04. The first-order chi connectivity index (χ1) is 14.3. The zero-order chi connectivity index (χ0) is 23.6. The number of carboxylic acid groups (broad SMARTS) is 1. The second-order valence-electron chi connectivity index (χ2n) is 9.96. The third-order valence-electron chi connectivity index (χ3n) is 5.37. The Morgan fingerprint density at radius 1 is 1.15 bits per heavy atom. The van der Waals surface area contributed by atoms with Crippen LogP contribution in [0.25, 0.3) is 5.57 Å². The second-order valence-corrected chi connectivity index (χ2v) is 9.96. The minimum atomic E-state index is -1.10. The number of hydrogen-bond acceptors (Lipinski definition) is 5. The molecule has 0 bridgehead atoms. The van der Waals surface area contributed by atoms with Crippen LogP contribution in [0.5, 0.6) is 0 Å². The SMILES string of the molecule is Cc1ccc(C2=C(C(=O)O)C(C)(COC(=O)C(C)(C)C)NC(CC(C)C)=C2CN)cc1.Cl.Cl. The summed E-state index contributed by atoms with van der Waals surface area (Å²) in [6.45, 7) is 13.4. The van der Waals surface area contributed by atoms with Gasteiger partial charge in [0, 0.05) is 17.8 Å². The topological polar surface area (TPSA) is 102 Å². The van der Waals surface area contributed by atoms with Crippen molar-refractivity contribution in [3.63, 3.8) is 0 Å². The number of carbonyl (C=O) groups excluding carboxylic acids is 1.